The summed E-state index contributed by atoms with van der Waals surface area (Å²) in [5.74, 6) is 0.945. The van der Waals surface area contributed by atoms with Crippen LogP contribution in [0.3, 0.4) is 0 Å². The third kappa shape index (κ3) is 3.09. The van der Waals surface area contributed by atoms with Gasteiger partial charge in [-0.1, -0.05) is 0 Å². The summed E-state index contributed by atoms with van der Waals surface area (Å²) in [4.78, 5) is 26.4. The molecule has 0 aromatic carbocycles. The Morgan fingerprint density at radius 2 is 2.15 bits per heavy atom. The van der Waals surface area contributed by atoms with E-state index in [4.69, 9.17) is 4.98 Å². The first-order valence-corrected chi connectivity index (χ1v) is 9.71. The van der Waals surface area contributed by atoms with Crippen molar-refractivity contribution in [1.82, 2.24) is 25.1 Å². The minimum atomic E-state index is -0.0164. The average molecular weight is 368 g/mol. The van der Waals surface area contributed by atoms with Crippen LogP contribution in [0, 0.1) is 13.8 Å². The first-order chi connectivity index (χ1) is 12.9. The molecule has 2 aromatic rings. The second-order valence-corrected chi connectivity index (χ2v) is 8.23. The molecule has 2 aromatic heterocycles. The van der Waals surface area contributed by atoms with Crippen molar-refractivity contribution < 1.29 is 4.79 Å². The lowest BCUT2D eigenvalue weighted by atomic mass is 9.77. The molecule has 1 aliphatic carbocycles. The zero-order valence-corrected chi connectivity index (χ0v) is 16.7. The second-order valence-electron chi connectivity index (χ2n) is 8.23. The zero-order chi connectivity index (χ0) is 19.2. The standard InChI is InChI=1S/C20H28N6O/c1-13-16(14(2)24-23-13)10-17(27)26-9-5-7-20(12-26)8-6-15-11-21-19(25(3)4)22-18(15)20/h11H,5-10,12H2,1-4H3,(H,23,24). The van der Waals surface area contributed by atoms with Crippen LogP contribution >= 0.6 is 0 Å². The van der Waals surface area contributed by atoms with E-state index in [1.807, 2.05) is 43.9 Å². The number of nitrogens with zero attached hydrogens (tertiary/aromatic N) is 5. The third-order valence-corrected chi connectivity index (χ3v) is 6.17. The van der Waals surface area contributed by atoms with E-state index in [1.54, 1.807) is 0 Å². The van der Waals surface area contributed by atoms with Gasteiger partial charge in [0.15, 0.2) is 0 Å². The summed E-state index contributed by atoms with van der Waals surface area (Å²) >= 11 is 0. The summed E-state index contributed by atoms with van der Waals surface area (Å²) in [6, 6.07) is 0. The molecule has 27 heavy (non-hydrogen) atoms. The van der Waals surface area contributed by atoms with Crippen LogP contribution in [-0.2, 0) is 23.1 Å². The van der Waals surface area contributed by atoms with Crippen molar-refractivity contribution in [2.75, 3.05) is 32.1 Å². The summed E-state index contributed by atoms with van der Waals surface area (Å²) in [5, 5.41) is 7.21. The molecule has 7 heteroatoms. The van der Waals surface area contributed by atoms with Crippen LogP contribution in [0.5, 0.6) is 0 Å². The highest BCUT2D eigenvalue weighted by atomic mass is 16.2. The lowest BCUT2D eigenvalue weighted by Gasteiger charge is -2.40. The normalized spacial score (nSPS) is 21.6. The van der Waals surface area contributed by atoms with Gasteiger partial charge in [-0.05, 0) is 45.1 Å². The van der Waals surface area contributed by atoms with E-state index >= 15 is 0 Å². The molecule has 1 unspecified atom stereocenters. The number of hydrogen-bond donors (Lipinski definition) is 1. The fourth-order valence-electron chi connectivity index (χ4n) is 4.59. The third-order valence-electron chi connectivity index (χ3n) is 6.17. The van der Waals surface area contributed by atoms with E-state index < -0.39 is 0 Å². The highest BCUT2D eigenvalue weighted by molar-refractivity contribution is 5.79. The Morgan fingerprint density at radius 1 is 1.33 bits per heavy atom. The van der Waals surface area contributed by atoms with Crippen molar-refractivity contribution in [3.05, 3.63) is 34.4 Å². The number of aromatic amines is 1. The number of H-pyrrole nitrogens is 1. The predicted molar refractivity (Wildman–Crippen MR) is 104 cm³/mol. The van der Waals surface area contributed by atoms with Crippen molar-refractivity contribution in [3.8, 4) is 0 Å². The molecule has 1 N–H and O–H groups in total. The van der Waals surface area contributed by atoms with Crippen LogP contribution in [0.2, 0.25) is 0 Å². The number of rotatable bonds is 3. The van der Waals surface area contributed by atoms with E-state index in [9.17, 15) is 4.79 Å². The molecule has 1 aliphatic heterocycles. The number of hydrogen-bond acceptors (Lipinski definition) is 5. The average Bonchev–Trinajstić information content (AvgIpc) is 3.16. The summed E-state index contributed by atoms with van der Waals surface area (Å²) < 4.78 is 0. The van der Waals surface area contributed by atoms with Crippen LogP contribution in [-0.4, -0.2) is 58.2 Å². The molecule has 144 valence electrons. The topological polar surface area (TPSA) is 78.0 Å². The molecule has 1 amide bonds. The van der Waals surface area contributed by atoms with Gasteiger partial charge in [0, 0.05) is 50.1 Å². The fraction of sp³-hybridized carbons (Fsp3) is 0.600. The van der Waals surface area contributed by atoms with Gasteiger partial charge in [-0.2, -0.15) is 5.10 Å². The van der Waals surface area contributed by atoms with Crippen molar-refractivity contribution in [1.29, 1.82) is 0 Å². The number of piperidine rings is 1. The van der Waals surface area contributed by atoms with Crippen LogP contribution in [0.1, 0.15) is 47.5 Å². The summed E-state index contributed by atoms with van der Waals surface area (Å²) in [6.07, 6.45) is 6.58. The zero-order valence-electron chi connectivity index (χ0n) is 16.7. The number of aryl methyl sites for hydroxylation is 3. The Labute approximate surface area is 160 Å². The number of fused-ring (bicyclic) bond motifs is 2. The van der Waals surface area contributed by atoms with E-state index in [-0.39, 0.29) is 11.3 Å². The Kier molecular flexibility index (Phi) is 4.40. The van der Waals surface area contributed by atoms with Crippen molar-refractivity contribution in [2.45, 2.75) is 51.4 Å². The Morgan fingerprint density at radius 3 is 2.85 bits per heavy atom. The van der Waals surface area contributed by atoms with Crippen molar-refractivity contribution >= 4 is 11.9 Å². The quantitative estimate of drug-likeness (QED) is 0.896. The van der Waals surface area contributed by atoms with Gasteiger partial charge in [0.05, 0.1) is 17.8 Å². The number of anilines is 1. The lowest BCUT2D eigenvalue weighted by molar-refractivity contribution is -0.132. The molecular weight excluding hydrogens is 340 g/mol. The van der Waals surface area contributed by atoms with Gasteiger partial charge >= 0.3 is 0 Å². The molecule has 0 bridgehead atoms. The molecule has 7 nitrogen and oxygen atoms in total. The van der Waals surface area contributed by atoms with E-state index in [2.05, 4.69) is 15.2 Å². The van der Waals surface area contributed by atoms with Crippen molar-refractivity contribution in [2.24, 2.45) is 0 Å². The van der Waals surface area contributed by atoms with Crippen LogP contribution in [0.25, 0.3) is 0 Å². The maximum atomic E-state index is 13.0. The SMILES string of the molecule is Cc1n[nH]c(C)c1CC(=O)N1CCCC2(CCc3cnc(N(C)C)nc32)C1. The fourth-order valence-corrected chi connectivity index (χ4v) is 4.59. The van der Waals surface area contributed by atoms with E-state index in [1.165, 1.54) is 5.56 Å². The number of carbonyl (C=O) groups is 1. The molecule has 0 saturated carbocycles. The molecule has 1 atom stereocenters. The van der Waals surface area contributed by atoms with Gasteiger partial charge in [-0.3, -0.25) is 9.89 Å². The van der Waals surface area contributed by atoms with Gasteiger partial charge in [-0.15, -0.1) is 0 Å². The van der Waals surface area contributed by atoms with Crippen LogP contribution < -0.4 is 4.90 Å². The number of nitrogens with one attached hydrogen (secondary N) is 1. The van der Waals surface area contributed by atoms with E-state index in [0.717, 1.165) is 67.4 Å². The molecule has 4 rings (SSSR count). The maximum Gasteiger partial charge on any atom is 0.227 e. The van der Waals surface area contributed by atoms with Crippen LogP contribution in [0.4, 0.5) is 5.95 Å². The number of amides is 1. The monoisotopic (exact) mass is 368 g/mol. The molecule has 1 saturated heterocycles. The second kappa shape index (κ2) is 6.62. The summed E-state index contributed by atoms with van der Waals surface area (Å²) in [6.45, 7) is 5.53. The van der Waals surface area contributed by atoms with Gasteiger partial charge in [0.2, 0.25) is 11.9 Å². The highest BCUT2D eigenvalue weighted by Crippen LogP contribution is 2.44. The van der Waals surface area contributed by atoms with Gasteiger partial charge in [-0.25, -0.2) is 9.97 Å². The largest absolute Gasteiger partial charge is 0.347 e. The minimum Gasteiger partial charge on any atom is -0.347 e. The van der Waals surface area contributed by atoms with Gasteiger partial charge < -0.3 is 9.80 Å². The molecule has 1 spiro atoms. The van der Waals surface area contributed by atoms with Crippen LogP contribution in [0.15, 0.2) is 6.20 Å². The summed E-state index contributed by atoms with van der Waals surface area (Å²) in [7, 11) is 3.94. The number of likely N-dealkylation sites (tertiary alicyclic amines) is 1. The molecule has 2 aliphatic rings. The molecule has 1 fully saturated rings. The maximum absolute atomic E-state index is 13.0. The number of carbonyl (C=O) groups excluding carboxylic acids is 1. The predicted octanol–water partition coefficient (Wildman–Crippen LogP) is 1.93. The number of aromatic nitrogens is 4. The summed E-state index contributed by atoms with van der Waals surface area (Å²) in [5.41, 5.74) is 5.33. The van der Waals surface area contributed by atoms with Gasteiger partial charge in [0.25, 0.3) is 0 Å². The Hall–Kier alpha value is -2.44. The first-order valence-electron chi connectivity index (χ1n) is 9.71. The minimum absolute atomic E-state index is 0.0164. The van der Waals surface area contributed by atoms with E-state index in [0.29, 0.717) is 6.42 Å². The first kappa shape index (κ1) is 17.9. The highest BCUT2D eigenvalue weighted by Gasteiger charge is 2.44. The molecular formula is C20H28N6O. The molecule has 3 heterocycles. The molecule has 0 radical (unpaired) electrons. The lowest BCUT2D eigenvalue weighted by Crippen LogP contribution is -2.48. The van der Waals surface area contributed by atoms with Crippen molar-refractivity contribution in [3.63, 3.8) is 0 Å². The Bertz CT molecular complexity index is 850. The Balaban J connectivity index is 1.57. The smallest absolute Gasteiger partial charge is 0.227 e. The van der Waals surface area contributed by atoms with Gasteiger partial charge in [0.1, 0.15) is 0 Å².